The number of hydrogen-bond donors (Lipinski definition) is 2. The molecule has 0 spiro atoms. The Morgan fingerprint density at radius 3 is 2.70 bits per heavy atom. The molecule has 7 nitrogen and oxygen atoms in total. The van der Waals surface area contributed by atoms with Crippen LogP contribution in [0.4, 0.5) is 9.93 Å². The van der Waals surface area contributed by atoms with E-state index in [-0.39, 0.29) is 12.5 Å². The summed E-state index contributed by atoms with van der Waals surface area (Å²) in [5.74, 6) is -0.265. The summed E-state index contributed by atoms with van der Waals surface area (Å²) in [5.41, 5.74) is 0. The van der Waals surface area contributed by atoms with E-state index in [4.69, 9.17) is 0 Å². The van der Waals surface area contributed by atoms with Crippen LogP contribution < -0.4 is 15.5 Å². The van der Waals surface area contributed by atoms with Crippen LogP contribution in [0.2, 0.25) is 0 Å². The Morgan fingerprint density at radius 2 is 2.10 bits per heavy atom. The van der Waals surface area contributed by atoms with Gasteiger partial charge in [-0.1, -0.05) is 0 Å². The quantitative estimate of drug-likeness (QED) is 0.825. The molecule has 2 heterocycles. The number of carbonyl (C=O) groups excluding carboxylic acids is 2. The van der Waals surface area contributed by atoms with Gasteiger partial charge in [-0.15, -0.1) is 11.3 Å². The van der Waals surface area contributed by atoms with Gasteiger partial charge in [0.25, 0.3) is 0 Å². The van der Waals surface area contributed by atoms with E-state index in [1.165, 1.54) is 0 Å². The molecule has 1 aliphatic rings. The highest BCUT2D eigenvalue weighted by Crippen LogP contribution is 2.18. The molecule has 0 aromatic carbocycles. The highest BCUT2D eigenvalue weighted by molar-refractivity contribution is 7.13. The molecule has 110 valence electrons. The first-order valence-electron chi connectivity index (χ1n) is 6.63. The van der Waals surface area contributed by atoms with Crippen LogP contribution in [0, 0.1) is 0 Å². The van der Waals surface area contributed by atoms with E-state index in [1.54, 1.807) is 17.5 Å². The van der Waals surface area contributed by atoms with Crippen LogP contribution in [-0.2, 0) is 4.79 Å². The molecule has 1 fully saturated rings. The molecule has 0 bridgehead atoms. The summed E-state index contributed by atoms with van der Waals surface area (Å²) in [4.78, 5) is 31.4. The molecule has 1 aliphatic heterocycles. The molecule has 0 radical (unpaired) electrons. The maximum Gasteiger partial charge on any atom is 0.321 e. The second kappa shape index (κ2) is 7.20. The standard InChI is InChI=1S/C12H19N5O2S/c1-2-13-11(19)15-10(18)9-16-4-6-17(7-5-16)12-14-3-8-20-12/h3,8H,2,4-7,9H2,1H3,(H2,13,15,18,19). The van der Waals surface area contributed by atoms with Crippen molar-refractivity contribution in [3.8, 4) is 0 Å². The van der Waals surface area contributed by atoms with Crippen molar-refractivity contribution in [3.05, 3.63) is 11.6 Å². The van der Waals surface area contributed by atoms with Crippen LogP contribution >= 0.6 is 11.3 Å². The van der Waals surface area contributed by atoms with Gasteiger partial charge in [-0.05, 0) is 6.92 Å². The highest BCUT2D eigenvalue weighted by atomic mass is 32.1. The minimum atomic E-state index is -0.432. The fraction of sp³-hybridized carbons (Fsp3) is 0.583. The van der Waals surface area contributed by atoms with E-state index in [2.05, 4.69) is 20.5 Å². The molecule has 1 aromatic heterocycles. The fourth-order valence-electron chi connectivity index (χ4n) is 2.04. The number of nitrogens with zero attached hydrogens (tertiary/aromatic N) is 3. The van der Waals surface area contributed by atoms with Gasteiger partial charge in [0.15, 0.2) is 5.13 Å². The number of anilines is 1. The van der Waals surface area contributed by atoms with Gasteiger partial charge in [0.1, 0.15) is 0 Å². The molecule has 1 saturated heterocycles. The number of urea groups is 1. The second-order valence-corrected chi connectivity index (χ2v) is 5.36. The predicted molar refractivity (Wildman–Crippen MR) is 78.0 cm³/mol. The van der Waals surface area contributed by atoms with E-state index in [0.717, 1.165) is 31.3 Å². The lowest BCUT2D eigenvalue weighted by Crippen LogP contribution is -2.51. The first-order chi connectivity index (χ1) is 9.69. The fourth-order valence-corrected chi connectivity index (χ4v) is 2.74. The van der Waals surface area contributed by atoms with Crippen molar-refractivity contribution >= 4 is 28.4 Å². The Bertz CT molecular complexity index is 443. The molecule has 0 atom stereocenters. The van der Waals surface area contributed by atoms with Crippen molar-refractivity contribution in [1.82, 2.24) is 20.5 Å². The Hall–Kier alpha value is -1.67. The van der Waals surface area contributed by atoms with Crippen molar-refractivity contribution in [2.45, 2.75) is 6.92 Å². The summed E-state index contributed by atoms with van der Waals surface area (Å²) >= 11 is 1.62. The molecule has 3 amide bonds. The summed E-state index contributed by atoms with van der Waals surface area (Å²) in [6.45, 7) is 5.85. The van der Waals surface area contributed by atoms with Crippen molar-refractivity contribution in [3.63, 3.8) is 0 Å². The van der Waals surface area contributed by atoms with Gasteiger partial charge in [-0.3, -0.25) is 15.0 Å². The number of piperazine rings is 1. The zero-order valence-electron chi connectivity index (χ0n) is 11.5. The average Bonchev–Trinajstić information content (AvgIpc) is 2.93. The summed E-state index contributed by atoms with van der Waals surface area (Å²) in [6, 6.07) is -0.432. The van der Waals surface area contributed by atoms with Crippen molar-refractivity contribution in [2.75, 3.05) is 44.2 Å². The lowest BCUT2D eigenvalue weighted by Gasteiger charge is -2.33. The van der Waals surface area contributed by atoms with Gasteiger partial charge in [0, 0.05) is 44.3 Å². The van der Waals surface area contributed by atoms with Gasteiger partial charge >= 0.3 is 6.03 Å². The topological polar surface area (TPSA) is 77.6 Å². The van der Waals surface area contributed by atoms with Crippen LogP contribution in [0.25, 0.3) is 0 Å². The zero-order valence-corrected chi connectivity index (χ0v) is 12.3. The maximum atomic E-state index is 11.7. The zero-order chi connectivity index (χ0) is 14.4. The lowest BCUT2D eigenvalue weighted by molar-refractivity contribution is -0.121. The second-order valence-electron chi connectivity index (χ2n) is 4.49. The largest absolute Gasteiger partial charge is 0.346 e. The molecule has 0 aliphatic carbocycles. The first kappa shape index (κ1) is 14.7. The van der Waals surface area contributed by atoms with Crippen molar-refractivity contribution in [2.24, 2.45) is 0 Å². The number of nitrogens with one attached hydrogen (secondary N) is 2. The van der Waals surface area contributed by atoms with Crippen LogP contribution in [0.5, 0.6) is 0 Å². The number of imide groups is 1. The van der Waals surface area contributed by atoms with Crippen molar-refractivity contribution in [1.29, 1.82) is 0 Å². The number of carbonyl (C=O) groups is 2. The predicted octanol–water partition coefficient (Wildman–Crippen LogP) is 0.111. The minimum Gasteiger partial charge on any atom is -0.346 e. The smallest absolute Gasteiger partial charge is 0.321 e. The summed E-state index contributed by atoms with van der Waals surface area (Å²) < 4.78 is 0. The molecule has 1 aromatic rings. The summed E-state index contributed by atoms with van der Waals surface area (Å²) in [5, 5.41) is 7.83. The molecule has 2 rings (SSSR count). The van der Waals surface area contributed by atoms with E-state index >= 15 is 0 Å². The SMILES string of the molecule is CCNC(=O)NC(=O)CN1CCN(c2nccs2)CC1. The van der Waals surface area contributed by atoms with Gasteiger partial charge in [-0.25, -0.2) is 9.78 Å². The average molecular weight is 297 g/mol. The Balaban J connectivity index is 1.71. The highest BCUT2D eigenvalue weighted by Gasteiger charge is 2.20. The van der Waals surface area contributed by atoms with Gasteiger partial charge in [0.2, 0.25) is 5.91 Å². The molecule has 20 heavy (non-hydrogen) atoms. The number of aromatic nitrogens is 1. The van der Waals surface area contributed by atoms with E-state index in [0.29, 0.717) is 6.54 Å². The molecule has 0 unspecified atom stereocenters. The molecular formula is C12H19N5O2S. The Kier molecular flexibility index (Phi) is 5.31. The number of hydrogen-bond acceptors (Lipinski definition) is 6. The van der Waals surface area contributed by atoms with Crippen LogP contribution in [-0.4, -0.2) is 61.1 Å². The Morgan fingerprint density at radius 1 is 1.35 bits per heavy atom. The van der Waals surface area contributed by atoms with Crippen LogP contribution in [0.15, 0.2) is 11.6 Å². The monoisotopic (exact) mass is 297 g/mol. The third-order valence-corrected chi connectivity index (χ3v) is 3.85. The van der Waals surface area contributed by atoms with Crippen LogP contribution in [0.1, 0.15) is 6.92 Å². The minimum absolute atomic E-state index is 0.253. The van der Waals surface area contributed by atoms with E-state index in [9.17, 15) is 9.59 Å². The lowest BCUT2D eigenvalue weighted by atomic mass is 10.3. The third kappa shape index (κ3) is 4.17. The summed E-state index contributed by atoms with van der Waals surface area (Å²) in [6.07, 6.45) is 1.80. The third-order valence-electron chi connectivity index (χ3n) is 3.02. The van der Waals surface area contributed by atoms with Gasteiger partial charge in [-0.2, -0.15) is 0 Å². The van der Waals surface area contributed by atoms with Gasteiger partial charge in [0.05, 0.1) is 6.54 Å². The first-order valence-corrected chi connectivity index (χ1v) is 7.51. The van der Waals surface area contributed by atoms with Gasteiger partial charge < -0.3 is 10.2 Å². The maximum absolute atomic E-state index is 11.7. The molecular weight excluding hydrogens is 278 g/mol. The summed E-state index contributed by atoms with van der Waals surface area (Å²) in [7, 11) is 0. The van der Waals surface area contributed by atoms with Crippen molar-refractivity contribution < 1.29 is 9.59 Å². The van der Waals surface area contributed by atoms with E-state index < -0.39 is 6.03 Å². The number of rotatable bonds is 4. The molecule has 8 heteroatoms. The van der Waals surface area contributed by atoms with Crippen LogP contribution in [0.3, 0.4) is 0 Å². The molecule has 0 saturated carbocycles. The Labute approximate surface area is 122 Å². The normalized spacial score (nSPS) is 15.9. The molecule has 2 N–H and O–H groups in total. The number of amides is 3. The number of thiazole rings is 1. The van der Waals surface area contributed by atoms with E-state index in [1.807, 2.05) is 17.2 Å².